The Balaban J connectivity index is 1.80. The Labute approximate surface area is 159 Å². The molecule has 1 heterocycles. The van der Waals surface area contributed by atoms with Gasteiger partial charge in [0.25, 0.3) is 5.91 Å². The van der Waals surface area contributed by atoms with Gasteiger partial charge >= 0.3 is 0 Å². The van der Waals surface area contributed by atoms with Gasteiger partial charge in [0.2, 0.25) is 5.91 Å². The number of ether oxygens (including phenoxy) is 3. The summed E-state index contributed by atoms with van der Waals surface area (Å²) < 4.78 is 15.8. The molecule has 8 heteroatoms. The van der Waals surface area contributed by atoms with Crippen LogP contribution in [-0.4, -0.2) is 85.9 Å². The van der Waals surface area contributed by atoms with Crippen LogP contribution in [-0.2, 0) is 19.1 Å². The molecule has 1 aromatic carbocycles. The highest BCUT2D eigenvalue weighted by Crippen LogP contribution is 2.18. The third kappa shape index (κ3) is 6.73. The standard InChI is InChI=1S/C19H28N2O6/c1-15(27-17-6-4-16(22)5-7-17)19(24)21-9-3-8-20(10-11-21)18(23)14-26-13-12-25-2/h4-7,15,22H,3,8-14H2,1-2H3. The van der Waals surface area contributed by atoms with Gasteiger partial charge in [0.15, 0.2) is 6.10 Å². The van der Waals surface area contributed by atoms with Crippen LogP contribution < -0.4 is 4.74 Å². The molecule has 27 heavy (non-hydrogen) atoms. The van der Waals surface area contributed by atoms with Crippen molar-refractivity contribution in [3.63, 3.8) is 0 Å². The van der Waals surface area contributed by atoms with Gasteiger partial charge in [-0.3, -0.25) is 9.59 Å². The highest BCUT2D eigenvalue weighted by Gasteiger charge is 2.26. The van der Waals surface area contributed by atoms with Crippen LogP contribution in [0.2, 0.25) is 0 Å². The van der Waals surface area contributed by atoms with Gasteiger partial charge in [-0.2, -0.15) is 0 Å². The third-order valence-corrected chi connectivity index (χ3v) is 4.31. The van der Waals surface area contributed by atoms with E-state index in [9.17, 15) is 14.7 Å². The van der Waals surface area contributed by atoms with E-state index in [0.29, 0.717) is 51.6 Å². The minimum absolute atomic E-state index is 0.0255. The summed E-state index contributed by atoms with van der Waals surface area (Å²) in [6.45, 7) is 4.68. The summed E-state index contributed by atoms with van der Waals surface area (Å²) in [6.07, 6.45) is 0.0655. The largest absolute Gasteiger partial charge is 0.508 e. The summed E-state index contributed by atoms with van der Waals surface area (Å²) in [5.41, 5.74) is 0. The molecule has 1 fully saturated rings. The number of phenols is 1. The maximum atomic E-state index is 12.7. The molecule has 1 aromatic rings. The first-order chi connectivity index (χ1) is 13.0. The molecule has 0 aliphatic carbocycles. The molecule has 2 rings (SSSR count). The number of hydrogen-bond donors (Lipinski definition) is 1. The Kier molecular flexibility index (Phi) is 8.35. The average Bonchev–Trinajstić information content (AvgIpc) is 2.92. The van der Waals surface area contributed by atoms with E-state index in [1.54, 1.807) is 36.0 Å². The second-order valence-corrected chi connectivity index (χ2v) is 6.36. The first-order valence-electron chi connectivity index (χ1n) is 9.10. The van der Waals surface area contributed by atoms with E-state index < -0.39 is 6.10 Å². The lowest BCUT2D eigenvalue weighted by molar-refractivity contribution is -0.139. The number of nitrogens with zero attached hydrogens (tertiary/aromatic N) is 2. The number of methoxy groups -OCH3 is 1. The van der Waals surface area contributed by atoms with Crippen molar-refractivity contribution in [3.05, 3.63) is 24.3 Å². The molecule has 8 nitrogen and oxygen atoms in total. The zero-order valence-corrected chi connectivity index (χ0v) is 15.9. The van der Waals surface area contributed by atoms with Crippen LogP contribution in [0.1, 0.15) is 13.3 Å². The minimum atomic E-state index is -0.644. The number of phenolic OH excluding ortho intramolecular Hbond substituents is 1. The molecule has 1 N–H and O–H groups in total. The molecule has 0 bridgehead atoms. The molecular formula is C19H28N2O6. The topological polar surface area (TPSA) is 88.5 Å². The first-order valence-corrected chi connectivity index (χ1v) is 9.10. The van der Waals surface area contributed by atoms with E-state index in [1.807, 2.05) is 0 Å². The normalized spacial score (nSPS) is 15.9. The fourth-order valence-corrected chi connectivity index (χ4v) is 2.82. The van der Waals surface area contributed by atoms with Crippen molar-refractivity contribution in [1.29, 1.82) is 0 Å². The Morgan fingerprint density at radius 2 is 1.74 bits per heavy atom. The molecule has 1 atom stereocenters. The van der Waals surface area contributed by atoms with Crippen molar-refractivity contribution in [2.75, 3.05) is 53.1 Å². The van der Waals surface area contributed by atoms with Crippen molar-refractivity contribution >= 4 is 11.8 Å². The molecule has 1 aliphatic rings. The number of carbonyl (C=O) groups is 2. The van der Waals surface area contributed by atoms with Crippen LogP contribution in [0.4, 0.5) is 0 Å². The molecule has 1 unspecified atom stereocenters. The molecule has 1 saturated heterocycles. The SMILES string of the molecule is COCCOCC(=O)N1CCCN(C(=O)C(C)Oc2ccc(O)cc2)CC1. The molecular weight excluding hydrogens is 352 g/mol. The van der Waals surface area contributed by atoms with Gasteiger partial charge in [-0.05, 0) is 37.6 Å². The van der Waals surface area contributed by atoms with Crippen LogP contribution in [0.3, 0.4) is 0 Å². The Hall–Kier alpha value is -2.32. The first kappa shape index (κ1) is 21.0. The van der Waals surface area contributed by atoms with Gasteiger partial charge in [-0.15, -0.1) is 0 Å². The molecule has 150 valence electrons. The van der Waals surface area contributed by atoms with E-state index in [2.05, 4.69) is 0 Å². The summed E-state index contributed by atoms with van der Waals surface area (Å²) in [4.78, 5) is 28.3. The van der Waals surface area contributed by atoms with Crippen molar-refractivity contribution < 1.29 is 28.9 Å². The zero-order chi connectivity index (χ0) is 19.6. The van der Waals surface area contributed by atoms with E-state index in [0.717, 1.165) is 0 Å². The number of hydrogen-bond acceptors (Lipinski definition) is 6. The monoisotopic (exact) mass is 380 g/mol. The highest BCUT2D eigenvalue weighted by atomic mass is 16.5. The number of carbonyl (C=O) groups excluding carboxylic acids is 2. The average molecular weight is 380 g/mol. The predicted octanol–water partition coefficient (Wildman–Crippen LogP) is 0.883. The Morgan fingerprint density at radius 1 is 1.07 bits per heavy atom. The molecule has 1 aliphatic heterocycles. The summed E-state index contributed by atoms with van der Waals surface area (Å²) in [6, 6.07) is 6.25. The van der Waals surface area contributed by atoms with Crippen LogP contribution in [0.15, 0.2) is 24.3 Å². The maximum absolute atomic E-state index is 12.7. The van der Waals surface area contributed by atoms with Crippen molar-refractivity contribution in [3.8, 4) is 11.5 Å². The summed E-state index contributed by atoms with van der Waals surface area (Å²) in [7, 11) is 1.58. The van der Waals surface area contributed by atoms with Gasteiger partial charge in [0.1, 0.15) is 18.1 Å². The molecule has 0 saturated carbocycles. The lowest BCUT2D eigenvalue weighted by Crippen LogP contribution is -2.43. The van der Waals surface area contributed by atoms with Crippen LogP contribution in [0.25, 0.3) is 0 Å². The van der Waals surface area contributed by atoms with Crippen LogP contribution in [0.5, 0.6) is 11.5 Å². The van der Waals surface area contributed by atoms with Gasteiger partial charge in [-0.25, -0.2) is 0 Å². The summed E-state index contributed by atoms with van der Waals surface area (Å²) >= 11 is 0. The van der Waals surface area contributed by atoms with Crippen molar-refractivity contribution in [1.82, 2.24) is 9.80 Å². The molecule has 0 spiro atoms. The second kappa shape index (κ2) is 10.7. The van der Waals surface area contributed by atoms with E-state index in [1.165, 1.54) is 12.1 Å². The van der Waals surface area contributed by atoms with Crippen molar-refractivity contribution in [2.45, 2.75) is 19.4 Å². The summed E-state index contributed by atoms with van der Waals surface area (Å²) in [5.74, 6) is 0.473. The smallest absolute Gasteiger partial charge is 0.263 e. The van der Waals surface area contributed by atoms with E-state index in [4.69, 9.17) is 14.2 Å². The number of benzene rings is 1. The number of aromatic hydroxyl groups is 1. The molecule has 2 amide bonds. The van der Waals surface area contributed by atoms with Gasteiger partial charge in [0, 0.05) is 33.3 Å². The number of amides is 2. The Bertz CT molecular complexity index is 607. The highest BCUT2D eigenvalue weighted by molar-refractivity contribution is 5.81. The molecule has 0 aromatic heterocycles. The third-order valence-electron chi connectivity index (χ3n) is 4.31. The second-order valence-electron chi connectivity index (χ2n) is 6.36. The maximum Gasteiger partial charge on any atom is 0.263 e. The quantitative estimate of drug-likeness (QED) is 0.674. The minimum Gasteiger partial charge on any atom is -0.508 e. The Morgan fingerprint density at radius 3 is 2.44 bits per heavy atom. The van der Waals surface area contributed by atoms with Gasteiger partial charge < -0.3 is 29.1 Å². The lowest BCUT2D eigenvalue weighted by atomic mass is 10.3. The van der Waals surface area contributed by atoms with Crippen LogP contribution in [0, 0.1) is 0 Å². The van der Waals surface area contributed by atoms with E-state index >= 15 is 0 Å². The van der Waals surface area contributed by atoms with Gasteiger partial charge in [-0.1, -0.05) is 0 Å². The van der Waals surface area contributed by atoms with Crippen LogP contribution >= 0.6 is 0 Å². The fourth-order valence-electron chi connectivity index (χ4n) is 2.82. The number of rotatable bonds is 8. The lowest BCUT2D eigenvalue weighted by Gasteiger charge is -2.25. The van der Waals surface area contributed by atoms with Crippen molar-refractivity contribution in [2.24, 2.45) is 0 Å². The fraction of sp³-hybridized carbons (Fsp3) is 0.579. The predicted molar refractivity (Wildman–Crippen MR) is 98.7 cm³/mol. The zero-order valence-electron chi connectivity index (χ0n) is 15.9. The summed E-state index contributed by atoms with van der Waals surface area (Å²) in [5, 5.41) is 9.31. The van der Waals surface area contributed by atoms with E-state index in [-0.39, 0.29) is 24.2 Å². The molecule has 0 radical (unpaired) electrons. The van der Waals surface area contributed by atoms with Gasteiger partial charge in [0.05, 0.1) is 13.2 Å².